The molecule has 0 fully saturated rings. The number of para-hydroxylation sites is 2. The summed E-state index contributed by atoms with van der Waals surface area (Å²) in [5.41, 5.74) is 3.98. The molecular weight excluding hydrogens is 508 g/mol. The molecule has 0 spiro atoms. The molecule has 6 nitrogen and oxygen atoms in total. The van der Waals surface area contributed by atoms with Crippen molar-refractivity contribution in [2.24, 2.45) is 0 Å². The maximum absolute atomic E-state index is 6.36. The van der Waals surface area contributed by atoms with E-state index in [0.29, 0.717) is 24.7 Å². The van der Waals surface area contributed by atoms with Gasteiger partial charge >= 0.3 is 0 Å². The Labute approximate surface area is 234 Å². The first-order valence-corrected chi connectivity index (χ1v) is 13.7. The van der Waals surface area contributed by atoms with Gasteiger partial charge in [-0.15, -0.1) is 5.10 Å². The zero-order chi connectivity index (χ0) is 27.1. The molecule has 0 amide bonds. The zero-order valence-corrected chi connectivity index (χ0v) is 23.0. The van der Waals surface area contributed by atoms with Crippen LogP contribution < -0.4 is 5.32 Å². The van der Waals surface area contributed by atoms with E-state index >= 15 is 0 Å². The number of benzene rings is 4. The zero-order valence-electron chi connectivity index (χ0n) is 22.2. The lowest BCUT2D eigenvalue weighted by Gasteiger charge is -2.44. The third kappa shape index (κ3) is 5.69. The first-order chi connectivity index (χ1) is 19.2. The molecule has 0 saturated carbocycles. The minimum atomic E-state index is -0.823. The Morgan fingerprint density at radius 3 is 2.08 bits per heavy atom. The highest BCUT2D eigenvalue weighted by Gasteiger charge is 2.47. The maximum Gasteiger partial charge on any atom is 0.160 e. The highest BCUT2D eigenvalue weighted by atomic mass is 35.5. The van der Waals surface area contributed by atoms with Crippen LogP contribution in [0.1, 0.15) is 37.4 Å². The molecule has 0 aliphatic rings. The summed E-state index contributed by atoms with van der Waals surface area (Å²) in [4.78, 5) is 0. The van der Waals surface area contributed by atoms with Gasteiger partial charge in [0.15, 0.2) is 6.29 Å². The summed E-state index contributed by atoms with van der Waals surface area (Å²) in [6, 6.07) is 36.3. The summed E-state index contributed by atoms with van der Waals surface area (Å²) in [5.74, 6) is 0. The van der Waals surface area contributed by atoms with Gasteiger partial charge in [0.25, 0.3) is 0 Å². The van der Waals surface area contributed by atoms with E-state index in [1.54, 1.807) is 0 Å². The van der Waals surface area contributed by atoms with Crippen LogP contribution in [0.2, 0.25) is 5.02 Å². The van der Waals surface area contributed by atoms with Crippen molar-refractivity contribution >= 4 is 28.3 Å². The van der Waals surface area contributed by atoms with E-state index in [0.717, 1.165) is 27.8 Å². The Kier molecular flexibility index (Phi) is 8.57. The molecule has 0 aliphatic carbocycles. The average molecular weight is 541 g/mol. The third-order valence-electron chi connectivity index (χ3n) is 6.95. The van der Waals surface area contributed by atoms with Crippen LogP contribution in [0.15, 0.2) is 109 Å². The highest BCUT2D eigenvalue weighted by molar-refractivity contribution is 6.30. The van der Waals surface area contributed by atoms with Crippen molar-refractivity contribution in [3.63, 3.8) is 0 Å². The second-order valence-corrected chi connectivity index (χ2v) is 9.76. The Bertz CT molecular complexity index is 1450. The summed E-state index contributed by atoms with van der Waals surface area (Å²) < 4.78 is 14.4. The van der Waals surface area contributed by atoms with Crippen molar-refractivity contribution in [2.75, 3.05) is 18.5 Å². The van der Waals surface area contributed by atoms with Gasteiger partial charge in [-0.3, -0.25) is 0 Å². The van der Waals surface area contributed by atoms with Gasteiger partial charge in [-0.25, -0.2) is 4.68 Å². The molecule has 5 aromatic rings. The molecule has 2 atom stereocenters. The standard InChI is InChI=1S/C32H33ClN4O2/c1-3-38-30(39-4-2)23-32(25-13-7-5-8-14-25,37-29-18-12-11-17-28(29)35-36-37)31(24-19-21-26(33)22-20-24)34-27-15-9-6-10-16-27/h5-22,30-31,34H,3-4,23H2,1-2H3. The first-order valence-electron chi connectivity index (χ1n) is 13.3. The lowest BCUT2D eigenvalue weighted by atomic mass is 9.76. The van der Waals surface area contributed by atoms with Crippen LogP contribution in [0.3, 0.4) is 0 Å². The van der Waals surface area contributed by atoms with Gasteiger partial charge in [0, 0.05) is 30.3 Å². The number of ether oxygens (including phenoxy) is 2. The van der Waals surface area contributed by atoms with Gasteiger partial charge in [-0.1, -0.05) is 89.6 Å². The molecule has 1 N–H and O–H groups in total. The van der Waals surface area contributed by atoms with Gasteiger partial charge in [-0.2, -0.15) is 0 Å². The number of hydrogen-bond acceptors (Lipinski definition) is 5. The number of nitrogens with one attached hydrogen (secondary N) is 1. The van der Waals surface area contributed by atoms with Crippen molar-refractivity contribution in [2.45, 2.75) is 38.1 Å². The fourth-order valence-corrected chi connectivity index (χ4v) is 5.38. The molecular formula is C32H33ClN4O2. The predicted octanol–water partition coefficient (Wildman–Crippen LogP) is 7.47. The maximum atomic E-state index is 6.36. The Morgan fingerprint density at radius 1 is 0.795 bits per heavy atom. The van der Waals surface area contributed by atoms with Gasteiger partial charge in [0.05, 0.1) is 11.6 Å². The number of halogens is 1. The molecule has 0 saturated heterocycles. The van der Waals surface area contributed by atoms with Crippen molar-refractivity contribution in [1.29, 1.82) is 0 Å². The lowest BCUT2D eigenvalue weighted by molar-refractivity contribution is -0.152. The molecule has 0 aliphatic heterocycles. The number of anilines is 1. The molecule has 1 heterocycles. The summed E-state index contributed by atoms with van der Waals surface area (Å²) in [6.45, 7) is 5.01. The third-order valence-corrected chi connectivity index (χ3v) is 7.20. The van der Waals surface area contributed by atoms with Crippen LogP contribution >= 0.6 is 11.6 Å². The summed E-state index contributed by atoms with van der Waals surface area (Å²) in [7, 11) is 0. The van der Waals surface area contributed by atoms with Crippen LogP contribution in [0, 0.1) is 0 Å². The van der Waals surface area contributed by atoms with E-state index in [1.807, 2.05) is 73.1 Å². The van der Waals surface area contributed by atoms with Crippen LogP contribution in [-0.2, 0) is 15.0 Å². The molecule has 4 aromatic carbocycles. The second kappa shape index (κ2) is 12.4. The second-order valence-electron chi connectivity index (χ2n) is 9.32. The molecule has 5 rings (SSSR count). The SMILES string of the molecule is CCOC(CC(c1ccccc1)(C(Nc1ccccc1)c1ccc(Cl)cc1)n1nnc2ccccc21)OCC. The topological polar surface area (TPSA) is 61.2 Å². The van der Waals surface area contributed by atoms with Gasteiger partial charge < -0.3 is 14.8 Å². The molecule has 7 heteroatoms. The largest absolute Gasteiger partial charge is 0.375 e. The highest BCUT2D eigenvalue weighted by Crippen LogP contribution is 2.46. The van der Waals surface area contributed by atoms with E-state index in [1.165, 1.54) is 0 Å². The minimum Gasteiger partial charge on any atom is -0.375 e. The molecule has 2 unspecified atom stereocenters. The van der Waals surface area contributed by atoms with Crippen LogP contribution in [-0.4, -0.2) is 34.5 Å². The van der Waals surface area contributed by atoms with Crippen molar-refractivity contribution in [3.05, 3.63) is 125 Å². The first kappa shape index (κ1) is 26.9. The van der Waals surface area contributed by atoms with Gasteiger partial charge in [0.1, 0.15) is 11.1 Å². The Morgan fingerprint density at radius 2 is 1.41 bits per heavy atom. The molecule has 1 aromatic heterocycles. The van der Waals surface area contributed by atoms with Crippen molar-refractivity contribution < 1.29 is 9.47 Å². The minimum absolute atomic E-state index is 0.312. The van der Waals surface area contributed by atoms with Gasteiger partial charge in [-0.05, 0) is 61.4 Å². The predicted molar refractivity (Wildman–Crippen MR) is 157 cm³/mol. The average Bonchev–Trinajstić information content (AvgIpc) is 3.41. The quantitative estimate of drug-likeness (QED) is 0.166. The van der Waals surface area contributed by atoms with Crippen molar-refractivity contribution in [1.82, 2.24) is 15.0 Å². The van der Waals surface area contributed by atoms with Crippen LogP contribution in [0.5, 0.6) is 0 Å². The van der Waals surface area contributed by atoms with E-state index in [2.05, 4.69) is 65.0 Å². The van der Waals surface area contributed by atoms with E-state index in [4.69, 9.17) is 26.3 Å². The van der Waals surface area contributed by atoms with Crippen molar-refractivity contribution in [3.8, 4) is 0 Å². The van der Waals surface area contributed by atoms with Crippen LogP contribution in [0.25, 0.3) is 11.0 Å². The monoisotopic (exact) mass is 540 g/mol. The summed E-state index contributed by atoms with van der Waals surface area (Å²) >= 11 is 6.36. The molecule has 0 bridgehead atoms. The molecule has 0 radical (unpaired) electrons. The summed E-state index contributed by atoms with van der Waals surface area (Å²) in [5, 5.41) is 13.9. The summed E-state index contributed by atoms with van der Waals surface area (Å²) in [6.07, 6.45) is -0.0188. The van der Waals surface area contributed by atoms with Crippen LogP contribution in [0.4, 0.5) is 5.69 Å². The number of rotatable bonds is 12. The number of fused-ring (bicyclic) bond motifs is 1. The number of nitrogens with zero attached hydrogens (tertiary/aromatic N) is 3. The molecule has 39 heavy (non-hydrogen) atoms. The fourth-order valence-electron chi connectivity index (χ4n) is 5.25. The Hall–Kier alpha value is -3.71. The number of aromatic nitrogens is 3. The normalized spacial score (nSPS) is 13.8. The number of hydrogen-bond donors (Lipinski definition) is 1. The van der Waals surface area contributed by atoms with E-state index in [9.17, 15) is 0 Å². The Balaban J connectivity index is 1.83. The van der Waals surface area contributed by atoms with E-state index in [-0.39, 0.29) is 6.04 Å². The van der Waals surface area contributed by atoms with Gasteiger partial charge in [0.2, 0.25) is 0 Å². The lowest BCUT2D eigenvalue weighted by Crippen LogP contribution is -2.48. The van der Waals surface area contributed by atoms with E-state index < -0.39 is 11.8 Å². The fraction of sp³-hybridized carbons (Fsp3) is 0.250. The molecule has 200 valence electrons. The smallest absolute Gasteiger partial charge is 0.160 e.